The zero-order chi connectivity index (χ0) is 36.9. The minimum absolute atomic E-state index is 0.349. The highest BCUT2D eigenvalue weighted by Gasteiger charge is 2.33. The van der Waals surface area contributed by atoms with Gasteiger partial charge < -0.3 is 51.6 Å². The molecular formula is C28H39N5O14P-. The molecule has 5 amide bonds. The molecule has 6 atom stereocenters. The molecule has 20 heteroatoms. The Morgan fingerprint density at radius 1 is 0.812 bits per heavy atom. The Kier molecular flexibility index (Phi) is 16.0. The molecule has 0 aromatic rings. The highest BCUT2D eigenvalue weighted by molar-refractivity contribution is 7.50. The van der Waals surface area contributed by atoms with E-state index in [1.165, 1.54) is 0 Å². The fourth-order valence-corrected chi connectivity index (χ4v) is 5.10. The number of hydrogen-bond acceptors (Lipinski definition) is 11. The second-order valence-corrected chi connectivity index (χ2v) is 12.7. The number of primary amides is 1. The van der Waals surface area contributed by atoms with Gasteiger partial charge in [-0.25, -0.2) is 0 Å². The van der Waals surface area contributed by atoms with Crippen LogP contribution in [0.4, 0.5) is 0 Å². The zero-order valence-corrected chi connectivity index (χ0v) is 27.2. The summed E-state index contributed by atoms with van der Waals surface area (Å²) in [5, 5.41) is 27.4. The number of carboxylic acids is 2. The first kappa shape index (κ1) is 41.3. The van der Waals surface area contributed by atoms with Crippen molar-refractivity contribution in [2.75, 3.05) is 6.16 Å². The lowest BCUT2D eigenvalue weighted by Gasteiger charge is -2.27. The van der Waals surface area contributed by atoms with E-state index in [0.717, 1.165) is 6.92 Å². The first-order valence-corrected chi connectivity index (χ1v) is 16.3. The van der Waals surface area contributed by atoms with Gasteiger partial charge in [0.1, 0.15) is 31.8 Å². The Morgan fingerprint density at radius 2 is 1.25 bits per heavy atom. The SMILES string of the molecule is CCC(C)C(NC(=O)C(CCC(=O)O)NC(=O)C(CCC(=O)O)NC(=O)C(CC1=CC(=O)C(CP(=O)([O-])O)=CC1=O)NC(C)=O)C(N)=O. The summed E-state index contributed by atoms with van der Waals surface area (Å²) in [4.78, 5) is 131. The number of carboxylic acid groups (broad SMARTS) is 2. The normalized spacial score (nSPS) is 17.2. The number of carbonyl (C=O) groups is 9. The van der Waals surface area contributed by atoms with Crippen molar-refractivity contribution in [1.29, 1.82) is 0 Å². The van der Waals surface area contributed by atoms with E-state index < -0.39 is 135 Å². The lowest BCUT2D eigenvalue weighted by Crippen LogP contribution is -2.58. The van der Waals surface area contributed by atoms with Crippen LogP contribution in [0.15, 0.2) is 23.3 Å². The van der Waals surface area contributed by atoms with Crippen LogP contribution in [0.3, 0.4) is 0 Å². The summed E-state index contributed by atoms with van der Waals surface area (Å²) in [6.45, 7) is 4.34. The number of ketones is 2. The smallest absolute Gasteiger partial charge is 0.303 e. The van der Waals surface area contributed by atoms with Gasteiger partial charge in [0.2, 0.25) is 29.5 Å². The Balaban J connectivity index is 3.30. The van der Waals surface area contributed by atoms with E-state index in [1.807, 2.05) is 0 Å². The first-order chi connectivity index (χ1) is 22.1. The average Bonchev–Trinajstić information content (AvgIpc) is 2.95. The molecule has 1 aliphatic rings. The highest BCUT2D eigenvalue weighted by atomic mass is 31.2. The van der Waals surface area contributed by atoms with Gasteiger partial charge in [-0.2, -0.15) is 0 Å². The molecule has 0 radical (unpaired) electrons. The minimum Gasteiger partial charge on any atom is -0.778 e. The summed E-state index contributed by atoms with van der Waals surface area (Å²) in [7, 11) is -4.96. The summed E-state index contributed by atoms with van der Waals surface area (Å²) in [5.41, 5.74) is 4.50. The third-order valence-corrected chi connectivity index (χ3v) is 7.85. The van der Waals surface area contributed by atoms with Gasteiger partial charge >= 0.3 is 11.9 Å². The molecule has 266 valence electrons. The van der Waals surface area contributed by atoms with Gasteiger partial charge in [-0.15, -0.1) is 0 Å². The topological polar surface area (TPSA) is 329 Å². The van der Waals surface area contributed by atoms with Gasteiger partial charge in [-0.05, 0) is 30.9 Å². The molecule has 0 aromatic heterocycles. The molecule has 0 bridgehead atoms. The van der Waals surface area contributed by atoms with Gasteiger partial charge in [-0.1, -0.05) is 20.3 Å². The average molecular weight is 701 g/mol. The highest BCUT2D eigenvalue weighted by Crippen LogP contribution is 2.33. The van der Waals surface area contributed by atoms with Gasteiger partial charge in [0, 0.05) is 43.5 Å². The van der Waals surface area contributed by atoms with E-state index in [4.69, 9.17) is 15.7 Å². The molecule has 48 heavy (non-hydrogen) atoms. The summed E-state index contributed by atoms with van der Waals surface area (Å²) < 4.78 is 11.2. The number of nitrogens with two attached hydrogens (primary N) is 1. The molecule has 6 unspecified atom stereocenters. The predicted molar refractivity (Wildman–Crippen MR) is 161 cm³/mol. The second-order valence-electron chi connectivity index (χ2n) is 11.1. The molecule has 0 spiro atoms. The lowest BCUT2D eigenvalue weighted by molar-refractivity contribution is -0.192. The molecule has 0 heterocycles. The fourth-order valence-electron chi connectivity index (χ4n) is 4.42. The van der Waals surface area contributed by atoms with Crippen molar-refractivity contribution in [2.24, 2.45) is 11.7 Å². The van der Waals surface area contributed by atoms with Crippen molar-refractivity contribution < 1.29 is 67.7 Å². The van der Waals surface area contributed by atoms with Crippen LogP contribution in [0.1, 0.15) is 59.3 Å². The number of rotatable bonds is 20. The minimum atomic E-state index is -4.96. The number of aliphatic carboxylic acids is 2. The molecule has 1 aliphatic carbocycles. The van der Waals surface area contributed by atoms with Crippen LogP contribution in [0.25, 0.3) is 0 Å². The van der Waals surface area contributed by atoms with Crippen LogP contribution < -0.4 is 31.9 Å². The zero-order valence-electron chi connectivity index (χ0n) is 26.3. The van der Waals surface area contributed by atoms with E-state index in [9.17, 15) is 57.7 Å². The number of hydrogen-bond donors (Lipinski definition) is 8. The van der Waals surface area contributed by atoms with Crippen molar-refractivity contribution in [3.8, 4) is 0 Å². The molecule has 1 rings (SSSR count). The van der Waals surface area contributed by atoms with Crippen LogP contribution >= 0.6 is 7.60 Å². The van der Waals surface area contributed by atoms with Crippen molar-refractivity contribution in [3.05, 3.63) is 23.3 Å². The van der Waals surface area contributed by atoms with Crippen molar-refractivity contribution in [1.82, 2.24) is 21.3 Å². The first-order valence-electron chi connectivity index (χ1n) is 14.6. The predicted octanol–water partition coefficient (Wildman–Crippen LogP) is -2.85. The molecule has 0 aliphatic heterocycles. The number of amides is 5. The van der Waals surface area contributed by atoms with E-state index in [0.29, 0.717) is 18.6 Å². The van der Waals surface area contributed by atoms with Crippen molar-refractivity contribution >= 4 is 60.6 Å². The Hall–Kier alpha value is -4.74. The maximum Gasteiger partial charge on any atom is 0.303 e. The van der Waals surface area contributed by atoms with Crippen LogP contribution in [-0.4, -0.2) is 98.5 Å². The number of carbonyl (C=O) groups excluding carboxylic acids is 7. The van der Waals surface area contributed by atoms with E-state index >= 15 is 0 Å². The monoisotopic (exact) mass is 700 g/mol. The van der Waals surface area contributed by atoms with E-state index in [2.05, 4.69) is 21.3 Å². The van der Waals surface area contributed by atoms with Gasteiger partial charge in [0.15, 0.2) is 11.6 Å². The Morgan fingerprint density at radius 3 is 1.67 bits per heavy atom. The lowest BCUT2D eigenvalue weighted by atomic mass is 9.93. The fraction of sp³-hybridized carbons (Fsp3) is 0.536. The molecule has 0 aromatic carbocycles. The van der Waals surface area contributed by atoms with E-state index in [-0.39, 0.29) is 5.57 Å². The maximum atomic E-state index is 13.3. The van der Waals surface area contributed by atoms with Gasteiger partial charge in [0.25, 0.3) is 0 Å². The molecule has 0 fully saturated rings. The third kappa shape index (κ3) is 14.4. The second kappa shape index (κ2) is 18.6. The van der Waals surface area contributed by atoms with Gasteiger partial charge in [-0.3, -0.25) is 43.2 Å². The molecule has 19 nitrogen and oxygen atoms in total. The largest absolute Gasteiger partial charge is 0.778 e. The van der Waals surface area contributed by atoms with Crippen LogP contribution in [-0.2, 0) is 47.7 Å². The molecule has 0 saturated carbocycles. The van der Waals surface area contributed by atoms with E-state index in [1.54, 1.807) is 13.8 Å². The number of allylic oxidation sites excluding steroid dienone is 3. The summed E-state index contributed by atoms with van der Waals surface area (Å²) in [6.07, 6.45) is -2.34. The van der Waals surface area contributed by atoms with Crippen molar-refractivity contribution in [2.45, 2.75) is 83.5 Å². The Labute approximate surface area is 274 Å². The van der Waals surface area contributed by atoms with Crippen LogP contribution in [0.2, 0.25) is 0 Å². The van der Waals surface area contributed by atoms with Gasteiger partial charge in [0.05, 0.1) is 0 Å². The summed E-state index contributed by atoms with van der Waals surface area (Å²) in [5.74, 6) is -10.00. The Bertz CT molecular complexity index is 1430. The standard InChI is InChI=1S/C28H40N5O14P/c1-4-13(2)24(25(29)41)33-27(43)18(6-8-23(39)40)31-26(42)17(5-7-22(37)38)32-28(44)19(30-14(3)34)9-15-10-21(36)16(11-20(15)35)12-48(45,46)47/h10-11,13,17-19,24H,4-9,12H2,1-3H3,(H2,29,41)(H,30,34)(H,31,42)(H,32,44)(H,33,43)(H,37,38)(H,39,40)(H2,45,46,47)/p-1. The van der Waals surface area contributed by atoms with Crippen molar-refractivity contribution in [3.63, 3.8) is 0 Å². The third-order valence-electron chi connectivity index (χ3n) is 7.11. The molecule has 9 N–H and O–H groups in total. The number of nitrogens with one attached hydrogen (secondary N) is 4. The summed E-state index contributed by atoms with van der Waals surface area (Å²) >= 11 is 0. The molecule has 0 saturated heterocycles. The quantitative estimate of drug-likeness (QED) is 0.0468. The van der Waals surface area contributed by atoms with Crippen LogP contribution in [0, 0.1) is 5.92 Å². The maximum absolute atomic E-state index is 13.3. The summed E-state index contributed by atoms with van der Waals surface area (Å²) in [6, 6.07) is -6.11. The van der Waals surface area contributed by atoms with Crippen LogP contribution in [0.5, 0.6) is 0 Å². The molecular weight excluding hydrogens is 661 g/mol.